The minimum atomic E-state index is -0.808. The van der Waals surface area contributed by atoms with Crippen LogP contribution in [0.5, 0.6) is 0 Å². The van der Waals surface area contributed by atoms with Crippen molar-refractivity contribution in [2.75, 3.05) is 12.4 Å². The van der Waals surface area contributed by atoms with E-state index in [2.05, 4.69) is 31.4 Å². The van der Waals surface area contributed by atoms with Gasteiger partial charge in [0.2, 0.25) is 0 Å². The summed E-state index contributed by atoms with van der Waals surface area (Å²) in [5.74, 6) is -0.957. The summed E-state index contributed by atoms with van der Waals surface area (Å²) >= 11 is 0. The van der Waals surface area contributed by atoms with Crippen molar-refractivity contribution in [2.45, 2.75) is 20.0 Å². The van der Waals surface area contributed by atoms with E-state index in [-0.39, 0.29) is 36.1 Å². The van der Waals surface area contributed by atoms with E-state index in [4.69, 9.17) is 5.73 Å². The zero-order valence-electron chi connectivity index (χ0n) is 16.5. The Morgan fingerprint density at radius 2 is 2.03 bits per heavy atom. The van der Waals surface area contributed by atoms with E-state index < -0.39 is 12.5 Å². The van der Waals surface area contributed by atoms with Gasteiger partial charge in [0.1, 0.15) is 18.1 Å². The highest BCUT2D eigenvalue weighted by Gasteiger charge is 2.19. The summed E-state index contributed by atoms with van der Waals surface area (Å²) in [4.78, 5) is 8.35. The van der Waals surface area contributed by atoms with Crippen LogP contribution in [0.2, 0.25) is 0 Å². The summed E-state index contributed by atoms with van der Waals surface area (Å²) in [6, 6.07) is 8.94. The zero-order valence-corrected chi connectivity index (χ0v) is 16.5. The van der Waals surface area contributed by atoms with Crippen molar-refractivity contribution in [3.63, 3.8) is 0 Å². The average molecular weight is 421 g/mol. The van der Waals surface area contributed by atoms with Crippen LogP contribution in [0.3, 0.4) is 0 Å². The molecule has 0 aliphatic carbocycles. The average Bonchev–Trinajstić information content (AvgIpc) is 3.40. The van der Waals surface area contributed by atoms with E-state index in [1.165, 1.54) is 15.6 Å². The molecule has 9 nitrogen and oxygen atoms in total. The smallest absolute Gasteiger partial charge is 0.193 e. The normalized spacial score (nSPS) is 10.9. The van der Waals surface area contributed by atoms with Crippen LogP contribution in [0.4, 0.5) is 14.6 Å². The van der Waals surface area contributed by atoms with Gasteiger partial charge in [-0.15, -0.1) is 5.10 Å². The first-order valence-corrected chi connectivity index (χ1v) is 9.32. The number of nitrogen functional groups attached to an aromatic ring is 1. The minimum Gasteiger partial charge on any atom is -0.381 e. The Morgan fingerprint density at radius 3 is 2.81 bits per heavy atom. The summed E-state index contributed by atoms with van der Waals surface area (Å²) in [5.41, 5.74) is 8.20. The standard InChI is InChI=1S/C20H17F2N9/c1-12-13(9-23)3-2-4-15(12)20-25-18(17(22)19(24)26-20)16-11-31(29-27-16)10-14-5-7-30(28-14)8-6-21/h2-5,7,11H,6,8,10H2,1H3,(H2,24,25,26). The molecule has 0 saturated carbocycles. The highest BCUT2D eigenvalue weighted by molar-refractivity contribution is 5.69. The quantitative estimate of drug-likeness (QED) is 0.507. The van der Waals surface area contributed by atoms with Crippen molar-refractivity contribution in [3.05, 3.63) is 59.3 Å². The number of nitrogens with two attached hydrogens (primary N) is 1. The van der Waals surface area contributed by atoms with Gasteiger partial charge in [-0.05, 0) is 24.6 Å². The van der Waals surface area contributed by atoms with E-state index >= 15 is 0 Å². The predicted octanol–water partition coefficient (Wildman–Crippen LogP) is 2.52. The summed E-state index contributed by atoms with van der Waals surface area (Å²) in [6.07, 6.45) is 3.18. The van der Waals surface area contributed by atoms with Crippen molar-refractivity contribution in [1.82, 2.24) is 34.7 Å². The molecular formula is C20H17F2N9. The maximum Gasteiger partial charge on any atom is 0.193 e. The third-order valence-corrected chi connectivity index (χ3v) is 4.69. The Morgan fingerprint density at radius 1 is 1.19 bits per heavy atom. The first-order valence-electron chi connectivity index (χ1n) is 9.32. The molecule has 0 fully saturated rings. The monoisotopic (exact) mass is 421 g/mol. The lowest BCUT2D eigenvalue weighted by atomic mass is 10.0. The van der Waals surface area contributed by atoms with E-state index in [1.54, 1.807) is 37.4 Å². The molecule has 4 aromatic rings. The lowest BCUT2D eigenvalue weighted by molar-refractivity contribution is 0.425. The second-order valence-corrected chi connectivity index (χ2v) is 6.75. The fourth-order valence-electron chi connectivity index (χ4n) is 3.10. The number of aryl methyl sites for hydroxylation is 1. The number of aromatic nitrogens is 7. The van der Waals surface area contributed by atoms with Crippen molar-refractivity contribution < 1.29 is 8.78 Å². The van der Waals surface area contributed by atoms with E-state index in [1.807, 2.05) is 0 Å². The number of benzene rings is 1. The molecule has 31 heavy (non-hydrogen) atoms. The first-order chi connectivity index (χ1) is 15.0. The Balaban J connectivity index is 1.68. The highest BCUT2D eigenvalue weighted by atomic mass is 19.1. The van der Waals surface area contributed by atoms with Crippen LogP contribution in [-0.2, 0) is 13.1 Å². The van der Waals surface area contributed by atoms with Crippen LogP contribution >= 0.6 is 0 Å². The summed E-state index contributed by atoms with van der Waals surface area (Å²) < 4.78 is 30.1. The molecule has 0 spiro atoms. The Labute approximate surface area is 175 Å². The third kappa shape index (κ3) is 3.95. The van der Waals surface area contributed by atoms with Gasteiger partial charge in [-0.3, -0.25) is 4.68 Å². The van der Waals surface area contributed by atoms with Crippen molar-refractivity contribution in [3.8, 4) is 28.8 Å². The van der Waals surface area contributed by atoms with Gasteiger partial charge in [0.15, 0.2) is 17.5 Å². The number of hydrogen-bond donors (Lipinski definition) is 1. The number of anilines is 1. The number of rotatable bonds is 6. The molecule has 0 bridgehead atoms. The number of halogens is 2. The van der Waals surface area contributed by atoms with Gasteiger partial charge < -0.3 is 5.73 Å². The molecule has 0 unspecified atom stereocenters. The van der Waals surface area contributed by atoms with E-state index in [9.17, 15) is 14.0 Å². The molecule has 0 saturated heterocycles. The molecule has 156 valence electrons. The van der Waals surface area contributed by atoms with Crippen molar-refractivity contribution >= 4 is 5.82 Å². The predicted molar refractivity (Wildman–Crippen MR) is 108 cm³/mol. The van der Waals surface area contributed by atoms with Gasteiger partial charge in [0.05, 0.1) is 36.6 Å². The van der Waals surface area contributed by atoms with Gasteiger partial charge in [0.25, 0.3) is 0 Å². The second kappa shape index (κ2) is 8.27. The van der Waals surface area contributed by atoms with Crippen molar-refractivity contribution in [2.24, 2.45) is 0 Å². The summed E-state index contributed by atoms with van der Waals surface area (Å²) in [6.45, 7) is 1.69. The van der Waals surface area contributed by atoms with Gasteiger partial charge in [-0.1, -0.05) is 17.3 Å². The lowest BCUT2D eigenvalue weighted by Crippen LogP contribution is -2.05. The zero-order chi connectivity index (χ0) is 22.0. The first kappa shape index (κ1) is 20.1. The molecule has 1 aromatic carbocycles. The molecule has 3 heterocycles. The number of hydrogen-bond acceptors (Lipinski definition) is 7. The van der Waals surface area contributed by atoms with Gasteiger partial charge >= 0.3 is 0 Å². The van der Waals surface area contributed by atoms with E-state index in [0.29, 0.717) is 22.4 Å². The SMILES string of the molecule is Cc1c(C#N)cccc1-c1nc(N)c(F)c(-c2cn(Cc3ccn(CCF)n3)nn2)n1. The Kier molecular flexibility index (Phi) is 5.36. The molecule has 0 aliphatic rings. The fraction of sp³-hybridized carbons (Fsp3) is 0.200. The van der Waals surface area contributed by atoms with Crippen LogP contribution < -0.4 is 5.73 Å². The van der Waals surface area contributed by atoms with Gasteiger partial charge in [0, 0.05) is 11.8 Å². The topological polar surface area (TPSA) is 124 Å². The Bertz CT molecular complexity index is 1290. The Hall–Kier alpha value is -4.20. The molecule has 0 aliphatic heterocycles. The molecule has 0 radical (unpaired) electrons. The summed E-state index contributed by atoms with van der Waals surface area (Å²) in [7, 11) is 0. The number of nitriles is 1. The molecule has 4 rings (SSSR count). The molecule has 3 aromatic heterocycles. The number of nitrogens with zero attached hydrogens (tertiary/aromatic N) is 8. The molecule has 0 amide bonds. The fourth-order valence-corrected chi connectivity index (χ4v) is 3.10. The van der Waals surface area contributed by atoms with Crippen LogP contribution in [-0.4, -0.2) is 41.4 Å². The molecular weight excluding hydrogens is 404 g/mol. The minimum absolute atomic E-state index is 0.0986. The number of alkyl halides is 1. The van der Waals surface area contributed by atoms with Gasteiger partial charge in [-0.25, -0.2) is 23.4 Å². The molecule has 2 N–H and O–H groups in total. The third-order valence-electron chi connectivity index (χ3n) is 4.69. The van der Waals surface area contributed by atoms with Crippen LogP contribution in [0.15, 0.2) is 36.7 Å². The maximum atomic E-state index is 14.7. The van der Waals surface area contributed by atoms with Gasteiger partial charge in [-0.2, -0.15) is 10.4 Å². The van der Waals surface area contributed by atoms with Crippen LogP contribution in [0.1, 0.15) is 16.8 Å². The maximum absolute atomic E-state index is 14.7. The highest BCUT2D eigenvalue weighted by Crippen LogP contribution is 2.28. The molecule has 11 heteroatoms. The van der Waals surface area contributed by atoms with Crippen molar-refractivity contribution in [1.29, 1.82) is 5.26 Å². The van der Waals surface area contributed by atoms with Crippen LogP contribution in [0.25, 0.3) is 22.8 Å². The second-order valence-electron chi connectivity index (χ2n) is 6.75. The van der Waals surface area contributed by atoms with Crippen LogP contribution in [0, 0.1) is 24.1 Å². The summed E-state index contributed by atoms with van der Waals surface area (Å²) in [5, 5.41) is 21.5. The largest absolute Gasteiger partial charge is 0.381 e. The lowest BCUT2D eigenvalue weighted by Gasteiger charge is -2.09. The molecule has 0 atom stereocenters. The van der Waals surface area contributed by atoms with E-state index in [0.717, 1.165) is 0 Å².